The summed E-state index contributed by atoms with van der Waals surface area (Å²) in [6, 6.07) is 4.24. The Balaban J connectivity index is 2.69. The number of aromatic nitrogens is 1. The van der Waals surface area contributed by atoms with E-state index in [0.29, 0.717) is 17.8 Å². The summed E-state index contributed by atoms with van der Waals surface area (Å²) in [5.74, 6) is 1.15. The lowest BCUT2D eigenvalue weighted by Crippen LogP contribution is -2.22. The maximum absolute atomic E-state index is 5.70. The highest BCUT2D eigenvalue weighted by molar-refractivity contribution is 5.61. The molecular formula is C10H17N3. The fourth-order valence-electron chi connectivity index (χ4n) is 0.952. The van der Waals surface area contributed by atoms with Gasteiger partial charge in [-0.15, -0.1) is 0 Å². The number of pyridine rings is 1. The molecule has 0 saturated heterocycles. The molecule has 1 rings (SSSR count). The van der Waals surface area contributed by atoms with Gasteiger partial charge in [0, 0.05) is 12.2 Å². The van der Waals surface area contributed by atoms with Crippen LogP contribution in [-0.4, -0.2) is 11.0 Å². The minimum Gasteiger partial charge on any atom is -0.382 e. The van der Waals surface area contributed by atoms with Crippen molar-refractivity contribution in [1.29, 1.82) is 0 Å². The molecular weight excluding hydrogens is 162 g/mol. The van der Waals surface area contributed by atoms with Crippen molar-refractivity contribution >= 4 is 11.5 Å². The van der Waals surface area contributed by atoms with Crippen molar-refractivity contribution < 1.29 is 0 Å². The number of nitrogens with two attached hydrogens (primary N) is 1. The van der Waals surface area contributed by atoms with Crippen molar-refractivity contribution in [3.8, 4) is 0 Å². The van der Waals surface area contributed by atoms with Gasteiger partial charge in [0.15, 0.2) is 0 Å². The van der Waals surface area contributed by atoms with Crippen molar-refractivity contribution in [3.05, 3.63) is 18.3 Å². The second-order valence-electron chi connectivity index (χ2n) is 3.61. The van der Waals surface area contributed by atoms with Gasteiger partial charge in [-0.3, -0.25) is 0 Å². The highest BCUT2D eigenvalue weighted by Gasteiger charge is 2.07. The topological polar surface area (TPSA) is 50.9 Å². The zero-order chi connectivity index (χ0) is 9.84. The number of nitrogens with zero attached hydrogens (tertiary/aromatic N) is 1. The van der Waals surface area contributed by atoms with Crippen LogP contribution in [0.5, 0.6) is 0 Å². The summed E-state index contributed by atoms with van der Waals surface area (Å²) in [4.78, 5) is 4.01. The van der Waals surface area contributed by atoms with Crippen molar-refractivity contribution in [2.75, 3.05) is 11.1 Å². The Bertz CT molecular complexity index is 271. The molecule has 0 spiro atoms. The van der Waals surface area contributed by atoms with Crippen molar-refractivity contribution in [2.45, 2.75) is 26.8 Å². The minimum absolute atomic E-state index is 0.409. The summed E-state index contributed by atoms with van der Waals surface area (Å²) in [5.41, 5.74) is 6.62. The molecule has 3 N–H and O–H groups in total. The molecule has 0 fully saturated rings. The van der Waals surface area contributed by atoms with Crippen LogP contribution in [0.25, 0.3) is 0 Å². The van der Waals surface area contributed by atoms with Crippen LogP contribution in [0.3, 0.4) is 0 Å². The third-order valence-electron chi connectivity index (χ3n) is 2.22. The fourth-order valence-corrected chi connectivity index (χ4v) is 0.952. The summed E-state index contributed by atoms with van der Waals surface area (Å²) < 4.78 is 0. The van der Waals surface area contributed by atoms with E-state index in [4.69, 9.17) is 5.73 Å². The molecule has 3 heteroatoms. The van der Waals surface area contributed by atoms with E-state index in [1.54, 1.807) is 6.20 Å². The molecule has 0 aliphatic heterocycles. The van der Waals surface area contributed by atoms with E-state index in [1.807, 2.05) is 12.1 Å². The molecule has 72 valence electrons. The first-order valence-electron chi connectivity index (χ1n) is 4.58. The van der Waals surface area contributed by atoms with Crippen LogP contribution in [0.15, 0.2) is 18.3 Å². The van der Waals surface area contributed by atoms with E-state index in [0.717, 1.165) is 5.69 Å². The first-order valence-corrected chi connectivity index (χ1v) is 4.58. The first-order chi connectivity index (χ1) is 6.11. The van der Waals surface area contributed by atoms with Gasteiger partial charge in [-0.2, -0.15) is 0 Å². The zero-order valence-corrected chi connectivity index (χ0v) is 8.41. The molecule has 1 heterocycles. The quantitative estimate of drug-likeness (QED) is 0.747. The fraction of sp³-hybridized carbons (Fsp3) is 0.500. The number of nitrogen functional groups attached to an aromatic ring is 1. The maximum Gasteiger partial charge on any atom is 0.146 e. The number of hydrogen-bond acceptors (Lipinski definition) is 3. The van der Waals surface area contributed by atoms with Crippen LogP contribution >= 0.6 is 0 Å². The number of rotatable bonds is 3. The maximum atomic E-state index is 5.70. The molecule has 13 heavy (non-hydrogen) atoms. The molecule has 0 radical (unpaired) electrons. The monoisotopic (exact) mass is 179 g/mol. The predicted octanol–water partition coefficient (Wildman–Crippen LogP) is 2.12. The lowest BCUT2D eigenvalue weighted by molar-refractivity contribution is 0.560. The lowest BCUT2D eigenvalue weighted by atomic mass is 10.1. The van der Waals surface area contributed by atoms with Gasteiger partial charge >= 0.3 is 0 Å². The Morgan fingerprint density at radius 2 is 2.08 bits per heavy atom. The van der Waals surface area contributed by atoms with Crippen LogP contribution in [0.2, 0.25) is 0 Å². The second-order valence-corrected chi connectivity index (χ2v) is 3.61. The zero-order valence-electron chi connectivity index (χ0n) is 8.41. The molecule has 1 aromatic rings. The van der Waals surface area contributed by atoms with Crippen LogP contribution < -0.4 is 11.1 Å². The summed E-state index contributed by atoms with van der Waals surface area (Å²) >= 11 is 0. The van der Waals surface area contributed by atoms with Crippen molar-refractivity contribution in [3.63, 3.8) is 0 Å². The van der Waals surface area contributed by atoms with Crippen molar-refractivity contribution in [2.24, 2.45) is 5.92 Å². The molecule has 1 atom stereocenters. The van der Waals surface area contributed by atoms with Gasteiger partial charge < -0.3 is 11.1 Å². The van der Waals surface area contributed by atoms with Crippen LogP contribution in [0.1, 0.15) is 20.8 Å². The Morgan fingerprint density at radius 1 is 1.38 bits per heavy atom. The molecule has 1 unspecified atom stereocenters. The van der Waals surface area contributed by atoms with Gasteiger partial charge in [0.2, 0.25) is 0 Å². The molecule has 0 bridgehead atoms. The van der Waals surface area contributed by atoms with E-state index < -0.39 is 0 Å². The van der Waals surface area contributed by atoms with Gasteiger partial charge in [-0.25, -0.2) is 4.98 Å². The van der Waals surface area contributed by atoms with Gasteiger partial charge in [0.05, 0.1) is 5.69 Å². The Kier molecular flexibility index (Phi) is 3.12. The second kappa shape index (κ2) is 4.12. The molecule has 0 aliphatic carbocycles. The van der Waals surface area contributed by atoms with E-state index >= 15 is 0 Å². The third-order valence-corrected chi connectivity index (χ3v) is 2.22. The molecule has 3 nitrogen and oxygen atoms in total. The van der Waals surface area contributed by atoms with Crippen molar-refractivity contribution in [1.82, 2.24) is 4.98 Å². The number of nitrogens with one attached hydrogen (secondary N) is 1. The molecule has 0 saturated carbocycles. The Morgan fingerprint density at radius 3 is 2.62 bits per heavy atom. The normalized spacial score (nSPS) is 12.9. The SMILES string of the molecule is CC(C)C(C)Nc1cccnc1N. The summed E-state index contributed by atoms with van der Waals surface area (Å²) in [7, 11) is 0. The highest BCUT2D eigenvalue weighted by Crippen LogP contribution is 2.16. The van der Waals surface area contributed by atoms with Gasteiger partial charge in [0.25, 0.3) is 0 Å². The van der Waals surface area contributed by atoms with E-state index in [2.05, 4.69) is 31.1 Å². The number of anilines is 2. The van der Waals surface area contributed by atoms with Gasteiger partial charge in [-0.1, -0.05) is 13.8 Å². The minimum atomic E-state index is 0.409. The average Bonchev–Trinajstić information content (AvgIpc) is 2.08. The smallest absolute Gasteiger partial charge is 0.146 e. The van der Waals surface area contributed by atoms with E-state index in [9.17, 15) is 0 Å². The standard InChI is InChI=1S/C10H17N3/c1-7(2)8(3)13-9-5-4-6-12-10(9)11/h4-8,13H,1-3H3,(H2,11,12). The predicted molar refractivity (Wildman–Crippen MR) is 56.6 cm³/mol. The van der Waals surface area contributed by atoms with Crippen LogP contribution in [-0.2, 0) is 0 Å². The molecule has 0 aromatic carbocycles. The van der Waals surface area contributed by atoms with Gasteiger partial charge in [-0.05, 0) is 25.0 Å². The van der Waals surface area contributed by atoms with E-state index in [1.165, 1.54) is 0 Å². The van der Waals surface area contributed by atoms with Gasteiger partial charge in [0.1, 0.15) is 5.82 Å². The lowest BCUT2D eigenvalue weighted by Gasteiger charge is -2.19. The molecule has 0 aliphatic rings. The summed E-state index contributed by atoms with van der Waals surface area (Å²) in [6.45, 7) is 6.48. The average molecular weight is 179 g/mol. The molecule has 0 amide bonds. The van der Waals surface area contributed by atoms with Crippen LogP contribution in [0, 0.1) is 5.92 Å². The Labute approximate surface area is 79.4 Å². The highest BCUT2D eigenvalue weighted by atomic mass is 15.0. The van der Waals surface area contributed by atoms with Crippen LogP contribution in [0.4, 0.5) is 11.5 Å². The number of hydrogen-bond donors (Lipinski definition) is 2. The summed E-state index contributed by atoms with van der Waals surface area (Å²) in [6.07, 6.45) is 1.69. The first kappa shape index (κ1) is 9.84. The summed E-state index contributed by atoms with van der Waals surface area (Å²) in [5, 5.41) is 3.32. The Hall–Kier alpha value is -1.25. The largest absolute Gasteiger partial charge is 0.382 e. The molecule has 1 aromatic heterocycles. The third kappa shape index (κ3) is 2.61. The van der Waals surface area contributed by atoms with E-state index in [-0.39, 0.29) is 0 Å².